The average Bonchev–Trinajstić information content (AvgIpc) is 2.68. The first kappa shape index (κ1) is 15.5. The fourth-order valence-electron chi connectivity index (χ4n) is 3.23. The van der Waals surface area contributed by atoms with E-state index in [4.69, 9.17) is 5.73 Å². The molecule has 1 atom stereocenters. The molecule has 0 aliphatic carbocycles. The number of likely N-dealkylation sites (N-methyl/N-ethyl adjacent to an activating group) is 1. The number of nitrogens with two attached hydrogens (primary N) is 1. The van der Waals surface area contributed by atoms with Crippen LogP contribution >= 0.6 is 0 Å². The molecule has 0 radical (unpaired) electrons. The van der Waals surface area contributed by atoms with E-state index in [9.17, 15) is 0 Å². The lowest BCUT2D eigenvalue weighted by atomic mass is 9.88. The Kier molecular flexibility index (Phi) is 5.58. The van der Waals surface area contributed by atoms with Crippen molar-refractivity contribution in [3.8, 4) is 0 Å². The Balaban J connectivity index is 1.95. The molecular weight excluding hydrogens is 246 g/mol. The van der Waals surface area contributed by atoms with Gasteiger partial charge in [0.25, 0.3) is 0 Å². The predicted octanol–water partition coefficient (Wildman–Crippen LogP) is 1.97. The van der Waals surface area contributed by atoms with E-state index in [1.807, 2.05) is 0 Å². The number of likely N-dealkylation sites (tertiary alicyclic amines) is 1. The first-order valence-corrected chi connectivity index (χ1v) is 7.80. The van der Waals surface area contributed by atoms with Crippen LogP contribution in [-0.4, -0.2) is 55.6 Å². The van der Waals surface area contributed by atoms with Gasteiger partial charge in [-0.3, -0.25) is 4.90 Å². The maximum absolute atomic E-state index is 6.16. The highest BCUT2D eigenvalue weighted by molar-refractivity contribution is 5.15. The van der Waals surface area contributed by atoms with Gasteiger partial charge in [0.15, 0.2) is 0 Å². The fourth-order valence-corrected chi connectivity index (χ4v) is 3.23. The Bertz CT molecular complexity index is 392. The van der Waals surface area contributed by atoms with Crippen molar-refractivity contribution in [2.24, 2.45) is 5.73 Å². The minimum absolute atomic E-state index is 0.194. The Hall–Kier alpha value is -0.900. The van der Waals surface area contributed by atoms with Gasteiger partial charge in [-0.1, -0.05) is 30.3 Å². The predicted molar refractivity (Wildman–Crippen MR) is 85.9 cm³/mol. The molecule has 1 aromatic rings. The molecule has 0 spiro atoms. The van der Waals surface area contributed by atoms with E-state index >= 15 is 0 Å². The van der Waals surface area contributed by atoms with Crippen LogP contribution in [0.5, 0.6) is 0 Å². The van der Waals surface area contributed by atoms with Crippen LogP contribution < -0.4 is 5.73 Å². The monoisotopic (exact) mass is 275 g/mol. The summed E-state index contributed by atoms with van der Waals surface area (Å²) in [7, 11) is 4.47. The Morgan fingerprint density at radius 2 is 1.95 bits per heavy atom. The van der Waals surface area contributed by atoms with Crippen molar-refractivity contribution in [3.05, 3.63) is 35.9 Å². The average molecular weight is 275 g/mol. The van der Waals surface area contributed by atoms with Gasteiger partial charge >= 0.3 is 0 Å². The van der Waals surface area contributed by atoms with Gasteiger partial charge in [-0.2, -0.15) is 0 Å². The molecule has 3 heteroatoms. The molecule has 3 nitrogen and oxygen atoms in total. The van der Waals surface area contributed by atoms with Gasteiger partial charge in [-0.25, -0.2) is 0 Å². The molecule has 0 saturated carbocycles. The third kappa shape index (κ3) is 3.81. The third-order valence-corrected chi connectivity index (χ3v) is 4.91. The second kappa shape index (κ2) is 7.21. The van der Waals surface area contributed by atoms with Gasteiger partial charge in [0, 0.05) is 18.6 Å². The van der Waals surface area contributed by atoms with Crippen LogP contribution in [0.15, 0.2) is 30.3 Å². The highest BCUT2D eigenvalue weighted by Crippen LogP contribution is 2.27. The quantitative estimate of drug-likeness (QED) is 0.892. The normalized spacial score (nSPS) is 24.8. The molecule has 112 valence electrons. The molecule has 0 aromatic heterocycles. The van der Waals surface area contributed by atoms with Crippen LogP contribution in [-0.2, 0) is 6.42 Å². The van der Waals surface area contributed by atoms with Crippen LogP contribution in [0.25, 0.3) is 0 Å². The number of hydrogen-bond acceptors (Lipinski definition) is 3. The van der Waals surface area contributed by atoms with Crippen molar-refractivity contribution in [1.29, 1.82) is 0 Å². The van der Waals surface area contributed by atoms with Gasteiger partial charge in [0.05, 0.1) is 0 Å². The molecule has 20 heavy (non-hydrogen) atoms. The summed E-state index contributed by atoms with van der Waals surface area (Å²) < 4.78 is 0. The van der Waals surface area contributed by atoms with Gasteiger partial charge in [-0.15, -0.1) is 0 Å². The number of hydrogen-bond donors (Lipinski definition) is 1. The molecule has 0 bridgehead atoms. The van der Waals surface area contributed by atoms with Crippen LogP contribution in [0.1, 0.15) is 24.8 Å². The molecule has 1 fully saturated rings. The molecular formula is C17H29N3. The number of nitrogens with zero attached hydrogens (tertiary/aromatic N) is 2. The molecule has 1 unspecified atom stereocenters. The highest BCUT2D eigenvalue weighted by atomic mass is 15.2. The van der Waals surface area contributed by atoms with E-state index in [0.29, 0.717) is 0 Å². The van der Waals surface area contributed by atoms with Crippen LogP contribution in [0.4, 0.5) is 0 Å². The second-order valence-electron chi connectivity index (χ2n) is 6.24. The summed E-state index contributed by atoms with van der Waals surface area (Å²) in [6, 6.07) is 10.7. The third-order valence-electron chi connectivity index (χ3n) is 4.91. The van der Waals surface area contributed by atoms with E-state index < -0.39 is 0 Å². The van der Waals surface area contributed by atoms with Crippen molar-refractivity contribution in [1.82, 2.24) is 9.80 Å². The van der Waals surface area contributed by atoms with E-state index in [1.165, 1.54) is 31.4 Å². The van der Waals surface area contributed by atoms with E-state index in [2.05, 4.69) is 54.2 Å². The maximum atomic E-state index is 6.16. The molecule has 1 aliphatic rings. The van der Waals surface area contributed by atoms with Gasteiger partial charge < -0.3 is 10.6 Å². The van der Waals surface area contributed by atoms with Crippen LogP contribution in [0, 0.1) is 0 Å². The lowest BCUT2D eigenvalue weighted by molar-refractivity contribution is 0.109. The van der Waals surface area contributed by atoms with Crippen molar-refractivity contribution >= 4 is 0 Å². The Morgan fingerprint density at radius 3 is 2.65 bits per heavy atom. The highest BCUT2D eigenvalue weighted by Gasteiger charge is 2.34. The first-order valence-electron chi connectivity index (χ1n) is 7.80. The van der Waals surface area contributed by atoms with E-state index in [0.717, 1.165) is 26.1 Å². The van der Waals surface area contributed by atoms with Gasteiger partial charge in [0.2, 0.25) is 0 Å². The van der Waals surface area contributed by atoms with Crippen LogP contribution in [0.3, 0.4) is 0 Å². The summed E-state index contributed by atoms with van der Waals surface area (Å²) >= 11 is 0. The SMILES string of the molecule is CN1CCCC(CN)(N(C)CCc2ccccc2)CC1. The van der Waals surface area contributed by atoms with Gasteiger partial charge in [0.1, 0.15) is 0 Å². The van der Waals surface area contributed by atoms with Crippen molar-refractivity contribution in [2.75, 3.05) is 40.3 Å². The van der Waals surface area contributed by atoms with Crippen molar-refractivity contribution in [2.45, 2.75) is 31.2 Å². The lowest BCUT2D eigenvalue weighted by Crippen LogP contribution is -2.53. The van der Waals surface area contributed by atoms with E-state index in [1.54, 1.807) is 0 Å². The minimum atomic E-state index is 0.194. The second-order valence-corrected chi connectivity index (χ2v) is 6.24. The summed E-state index contributed by atoms with van der Waals surface area (Å²) in [4.78, 5) is 4.95. The van der Waals surface area contributed by atoms with Crippen molar-refractivity contribution < 1.29 is 0 Å². The molecule has 1 heterocycles. The Labute approximate surface area is 123 Å². The van der Waals surface area contributed by atoms with E-state index in [-0.39, 0.29) is 5.54 Å². The number of benzene rings is 1. The largest absolute Gasteiger partial charge is 0.329 e. The zero-order valence-corrected chi connectivity index (χ0v) is 13.0. The minimum Gasteiger partial charge on any atom is -0.329 e. The van der Waals surface area contributed by atoms with Crippen LogP contribution in [0.2, 0.25) is 0 Å². The molecule has 2 N–H and O–H groups in total. The fraction of sp³-hybridized carbons (Fsp3) is 0.647. The van der Waals surface area contributed by atoms with Crippen molar-refractivity contribution in [3.63, 3.8) is 0 Å². The molecule has 1 aromatic carbocycles. The lowest BCUT2D eigenvalue weighted by Gasteiger charge is -2.41. The van der Waals surface area contributed by atoms with Gasteiger partial charge in [-0.05, 0) is 58.4 Å². The topological polar surface area (TPSA) is 32.5 Å². The summed E-state index contributed by atoms with van der Waals surface area (Å²) in [6.45, 7) is 4.22. The summed E-state index contributed by atoms with van der Waals surface area (Å²) in [5.74, 6) is 0. The summed E-state index contributed by atoms with van der Waals surface area (Å²) in [5, 5.41) is 0. The first-order chi connectivity index (χ1) is 9.66. The summed E-state index contributed by atoms with van der Waals surface area (Å²) in [6.07, 6.45) is 4.77. The zero-order valence-electron chi connectivity index (χ0n) is 13.0. The number of rotatable bonds is 5. The molecule has 1 saturated heterocycles. The zero-order chi connectivity index (χ0) is 14.4. The smallest absolute Gasteiger partial charge is 0.0341 e. The summed E-state index contributed by atoms with van der Waals surface area (Å²) in [5.41, 5.74) is 7.77. The maximum Gasteiger partial charge on any atom is 0.0341 e. The molecule has 0 amide bonds. The molecule has 1 aliphatic heterocycles. The Morgan fingerprint density at radius 1 is 1.20 bits per heavy atom. The standard InChI is InChI=1S/C17H29N3/c1-19-12-6-10-17(15-18,11-14-19)20(2)13-9-16-7-4-3-5-8-16/h3-5,7-8H,6,9-15,18H2,1-2H3. The molecule has 2 rings (SSSR count).